The van der Waals surface area contributed by atoms with Gasteiger partial charge in [0.2, 0.25) is 0 Å². The van der Waals surface area contributed by atoms with Gasteiger partial charge in [-0.15, -0.1) is 0 Å². The first-order valence-electron chi connectivity index (χ1n) is 6.09. The van der Waals surface area contributed by atoms with Crippen molar-refractivity contribution in [2.45, 2.75) is 0 Å². The van der Waals surface area contributed by atoms with Crippen molar-refractivity contribution in [3.8, 4) is 0 Å². The van der Waals surface area contributed by atoms with Crippen LogP contribution in [-0.4, -0.2) is 24.0 Å². The molecule has 2 aromatic carbocycles. The number of benzene rings is 2. The molecule has 0 bridgehead atoms. The van der Waals surface area contributed by atoms with Gasteiger partial charge in [0.15, 0.2) is 0 Å². The molecule has 2 rings (SSSR count). The molecule has 0 amide bonds. The Kier molecular flexibility index (Phi) is 4.71. The molecule has 0 aliphatic heterocycles. The quantitative estimate of drug-likeness (QED) is 0.672. The fourth-order valence-electron chi connectivity index (χ4n) is 1.86. The van der Waals surface area contributed by atoms with Crippen LogP contribution in [0.4, 0.5) is 10.1 Å². The number of nitrogen functional groups attached to an aromatic ring is 1. The van der Waals surface area contributed by atoms with Crippen LogP contribution in [0.2, 0.25) is 5.02 Å². The lowest BCUT2D eigenvalue weighted by atomic mass is 10.00. The van der Waals surface area contributed by atoms with Crippen LogP contribution < -0.4 is 5.73 Å². The van der Waals surface area contributed by atoms with E-state index in [-0.39, 0.29) is 13.2 Å². The van der Waals surface area contributed by atoms with Crippen LogP contribution in [0.15, 0.2) is 47.5 Å². The molecule has 2 aromatic rings. The number of hydrogen-bond acceptors (Lipinski definition) is 3. The number of aliphatic hydroxyl groups excluding tert-OH is 1. The second-order valence-corrected chi connectivity index (χ2v) is 4.60. The summed E-state index contributed by atoms with van der Waals surface area (Å²) in [5.41, 5.74) is 7.64. The number of anilines is 1. The van der Waals surface area contributed by atoms with E-state index in [2.05, 4.69) is 4.99 Å². The van der Waals surface area contributed by atoms with Crippen LogP contribution in [0.25, 0.3) is 0 Å². The minimum absolute atomic E-state index is 0.127. The topological polar surface area (TPSA) is 58.6 Å². The summed E-state index contributed by atoms with van der Waals surface area (Å²) in [6.07, 6.45) is 0. The molecular formula is C15H14ClFN2O. The van der Waals surface area contributed by atoms with Crippen LogP contribution in [-0.2, 0) is 0 Å². The highest BCUT2D eigenvalue weighted by atomic mass is 35.5. The molecule has 3 nitrogen and oxygen atoms in total. The van der Waals surface area contributed by atoms with E-state index in [1.165, 1.54) is 6.07 Å². The second-order valence-electron chi connectivity index (χ2n) is 4.17. The summed E-state index contributed by atoms with van der Waals surface area (Å²) in [4.78, 5) is 4.23. The summed E-state index contributed by atoms with van der Waals surface area (Å²) < 4.78 is 14.0. The Hall–Kier alpha value is -1.91. The molecule has 104 valence electrons. The lowest BCUT2D eigenvalue weighted by molar-refractivity contribution is 0.307. The van der Waals surface area contributed by atoms with Gasteiger partial charge in [0.05, 0.1) is 18.9 Å². The molecule has 0 fully saturated rings. The predicted molar refractivity (Wildman–Crippen MR) is 79.9 cm³/mol. The molecule has 0 unspecified atom stereocenters. The predicted octanol–water partition coefficient (Wildman–Crippen LogP) is 2.89. The van der Waals surface area contributed by atoms with Crippen molar-refractivity contribution in [1.29, 1.82) is 0 Å². The van der Waals surface area contributed by atoms with E-state index in [9.17, 15) is 4.39 Å². The zero-order valence-corrected chi connectivity index (χ0v) is 11.4. The maximum absolute atomic E-state index is 14.0. The van der Waals surface area contributed by atoms with Gasteiger partial charge in [-0.2, -0.15) is 0 Å². The normalized spacial score (nSPS) is 11.7. The van der Waals surface area contributed by atoms with Gasteiger partial charge in [-0.05, 0) is 30.3 Å². The number of nitrogens with zero attached hydrogens (tertiary/aromatic N) is 1. The summed E-state index contributed by atoms with van der Waals surface area (Å²) in [5.74, 6) is -0.399. The number of rotatable bonds is 4. The van der Waals surface area contributed by atoms with Crippen molar-refractivity contribution >= 4 is 23.0 Å². The Morgan fingerprint density at radius 2 is 1.95 bits per heavy atom. The molecule has 0 atom stereocenters. The smallest absolute Gasteiger partial charge is 0.132 e. The maximum atomic E-state index is 14.0. The van der Waals surface area contributed by atoms with Crippen molar-refractivity contribution in [3.63, 3.8) is 0 Å². The van der Waals surface area contributed by atoms with E-state index >= 15 is 0 Å². The van der Waals surface area contributed by atoms with E-state index in [0.29, 0.717) is 27.5 Å². The van der Waals surface area contributed by atoms with Gasteiger partial charge < -0.3 is 10.8 Å². The van der Waals surface area contributed by atoms with Gasteiger partial charge in [0.25, 0.3) is 0 Å². The van der Waals surface area contributed by atoms with Crippen molar-refractivity contribution < 1.29 is 9.50 Å². The average molecular weight is 293 g/mol. The lowest BCUT2D eigenvalue weighted by Gasteiger charge is -2.11. The number of nitrogens with two attached hydrogens (primary N) is 1. The zero-order chi connectivity index (χ0) is 14.5. The van der Waals surface area contributed by atoms with Crippen molar-refractivity contribution in [1.82, 2.24) is 0 Å². The molecule has 0 aliphatic carbocycles. The van der Waals surface area contributed by atoms with Gasteiger partial charge in [-0.25, -0.2) is 4.39 Å². The largest absolute Gasteiger partial charge is 0.398 e. The molecule has 0 aliphatic rings. The molecular weight excluding hydrogens is 279 g/mol. The van der Waals surface area contributed by atoms with Crippen LogP contribution in [0.1, 0.15) is 11.1 Å². The van der Waals surface area contributed by atoms with E-state index in [4.69, 9.17) is 22.4 Å². The number of aliphatic imine (C=N–C) groups is 1. The van der Waals surface area contributed by atoms with Crippen LogP contribution in [0.3, 0.4) is 0 Å². The highest BCUT2D eigenvalue weighted by molar-refractivity contribution is 6.31. The van der Waals surface area contributed by atoms with Gasteiger partial charge in [0.1, 0.15) is 5.82 Å². The number of halogens is 2. The molecule has 0 spiro atoms. The third-order valence-electron chi connectivity index (χ3n) is 2.77. The maximum Gasteiger partial charge on any atom is 0.132 e. The molecule has 20 heavy (non-hydrogen) atoms. The van der Waals surface area contributed by atoms with Crippen molar-refractivity contribution in [2.24, 2.45) is 4.99 Å². The minimum Gasteiger partial charge on any atom is -0.398 e. The highest BCUT2D eigenvalue weighted by Gasteiger charge is 2.14. The lowest BCUT2D eigenvalue weighted by Crippen LogP contribution is -2.10. The van der Waals surface area contributed by atoms with Crippen LogP contribution >= 0.6 is 11.6 Å². The van der Waals surface area contributed by atoms with E-state index in [0.717, 1.165) is 0 Å². The van der Waals surface area contributed by atoms with E-state index in [1.54, 1.807) is 36.4 Å². The van der Waals surface area contributed by atoms with Gasteiger partial charge >= 0.3 is 0 Å². The molecule has 0 heterocycles. The Morgan fingerprint density at radius 1 is 1.20 bits per heavy atom. The molecule has 0 saturated carbocycles. The van der Waals surface area contributed by atoms with E-state index < -0.39 is 5.82 Å². The first kappa shape index (κ1) is 14.5. The Bertz CT molecular complexity index is 644. The van der Waals surface area contributed by atoms with Gasteiger partial charge in [-0.1, -0.05) is 23.7 Å². The summed E-state index contributed by atoms with van der Waals surface area (Å²) >= 11 is 5.97. The minimum atomic E-state index is -0.399. The Morgan fingerprint density at radius 3 is 2.65 bits per heavy atom. The molecule has 0 radical (unpaired) electrons. The summed E-state index contributed by atoms with van der Waals surface area (Å²) in [6.45, 7) is 0.0358. The van der Waals surface area contributed by atoms with E-state index in [1.807, 2.05) is 0 Å². The third kappa shape index (κ3) is 3.15. The summed E-state index contributed by atoms with van der Waals surface area (Å²) in [7, 11) is 0. The number of aliphatic hydroxyl groups is 1. The van der Waals surface area contributed by atoms with Crippen LogP contribution in [0, 0.1) is 5.82 Å². The third-order valence-corrected chi connectivity index (χ3v) is 3.00. The fourth-order valence-corrected chi connectivity index (χ4v) is 2.04. The standard InChI is InChI=1S/C15H14ClFN2O/c16-10-5-6-14(18)12(9-10)15(19-7-8-20)11-3-1-2-4-13(11)17/h1-6,9,20H,7-8,18H2/b19-15+. The van der Waals surface area contributed by atoms with Crippen LogP contribution in [0.5, 0.6) is 0 Å². The molecule has 0 saturated heterocycles. The summed E-state index contributed by atoms with van der Waals surface area (Å²) in [5, 5.41) is 9.43. The first-order valence-corrected chi connectivity index (χ1v) is 6.47. The molecule has 5 heteroatoms. The molecule has 0 aromatic heterocycles. The second kappa shape index (κ2) is 6.50. The van der Waals surface area contributed by atoms with Gasteiger partial charge in [-0.3, -0.25) is 4.99 Å². The Labute approximate surface area is 121 Å². The van der Waals surface area contributed by atoms with Crippen molar-refractivity contribution in [2.75, 3.05) is 18.9 Å². The monoisotopic (exact) mass is 292 g/mol. The average Bonchev–Trinajstić information content (AvgIpc) is 2.44. The van der Waals surface area contributed by atoms with Crippen molar-refractivity contribution in [3.05, 3.63) is 64.4 Å². The highest BCUT2D eigenvalue weighted by Crippen LogP contribution is 2.23. The Balaban J connectivity index is 2.60. The SMILES string of the molecule is Nc1ccc(Cl)cc1/C(=N/CCO)c1ccccc1F. The zero-order valence-electron chi connectivity index (χ0n) is 10.7. The summed E-state index contributed by atoms with van der Waals surface area (Å²) in [6, 6.07) is 11.2. The van der Waals surface area contributed by atoms with Gasteiger partial charge in [0, 0.05) is 21.8 Å². The molecule has 3 N–H and O–H groups in total. The number of hydrogen-bond donors (Lipinski definition) is 2. The fraction of sp³-hybridized carbons (Fsp3) is 0.133. The first-order chi connectivity index (χ1) is 9.63.